The maximum atomic E-state index is 12.5. The highest BCUT2D eigenvalue weighted by molar-refractivity contribution is 5.91. The van der Waals surface area contributed by atoms with Gasteiger partial charge in [0.05, 0.1) is 7.11 Å². The van der Waals surface area contributed by atoms with Gasteiger partial charge >= 0.3 is 0 Å². The van der Waals surface area contributed by atoms with Crippen LogP contribution in [0.25, 0.3) is 0 Å². The monoisotopic (exact) mass is 455 g/mol. The predicted octanol–water partition coefficient (Wildman–Crippen LogP) is 4.48. The standard InChI is InChI=1S/C22H29N3O3.2ClH/c1-16(18-4-3-9-24-14-18)12-22(26)25-19-5-6-20(27-2)21(13-19)28-15-17-7-10-23-11-8-17;;/h5-8,10-11,13,16,18,24H,3-4,9,12,14-15H2,1-2H3,(H,25,26);2*1H. The van der Waals surface area contributed by atoms with E-state index in [1.54, 1.807) is 19.5 Å². The van der Waals surface area contributed by atoms with Gasteiger partial charge in [-0.15, -0.1) is 24.8 Å². The number of benzene rings is 1. The van der Waals surface area contributed by atoms with Crippen molar-refractivity contribution in [3.63, 3.8) is 0 Å². The van der Waals surface area contributed by atoms with E-state index in [1.165, 1.54) is 12.8 Å². The number of methoxy groups -OCH3 is 1. The molecule has 2 aromatic rings. The molecule has 8 heteroatoms. The lowest BCUT2D eigenvalue weighted by Crippen LogP contribution is -2.34. The van der Waals surface area contributed by atoms with Crippen molar-refractivity contribution in [3.05, 3.63) is 48.3 Å². The summed E-state index contributed by atoms with van der Waals surface area (Å²) in [6.45, 7) is 4.66. The summed E-state index contributed by atoms with van der Waals surface area (Å²) in [7, 11) is 1.60. The number of anilines is 1. The molecule has 2 unspecified atom stereocenters. The smallest absolute Gasteiger partial charge is 0.224 e. The Bertz CT molecular complexity index is 771. The molecular formula is C22H31Cl2N3O3. The molecule has 1 amide bonds. The van der Waals surface area contributed by atoms with E-state index in [4.69, 9.17) is 9.47 Å². The number of nitrogens with zero attached hydrogens (tertiary/aromatic N) is 1. The van der Waals surface area contributed by atoms with E-state index in [0.717, 1.165) is 18.7 Å². The van der Waals surface area contributed by atoms with Crippen LogP contribution in [0.15, 0.2) is 42.7 Å². The van der Waals surface area contributed by atoms with Crippen molar-refractivity contribution in [1.29, 1.82) is 0 Å². The van der Waals surface area contributed by atoms with Crippen LogP contribution in [-0.4, -0.2) is 31.1 Å². The van der Waals surface area contributed by atoms with Crippen molar-refractivity contribution < 1.29 is 14.3 Å². The first-order valence-corrected chi connectivity index (χ1v) is 9.86. The first-order valence-electron chi connectivity index (χ1n) is 9.86. The molecule has 30 heavy (non-hydrogen) atoms. The second-order valence-electron chi connectivity index (χ2n) is 7.35. The van der Waals surface area contributed by atoms with Gasteiger partial charge in [-0.2, -0.15) is 0 Å². The summed E-state index contributed by atoms with van der Waals surface area (Å²) in [5.41, 5.74) is 1.73. The van der Waals surface area contributed by atoms with E-state index in [0.29, 0.717) is 42.0 Å². The van der Waals surface area contributed by atoms with Gasteiger partial charge in [0.15, 0.2) is 11.5 Å². The number of carbonyl (C=O) groups is 1. The molecule has 1 aliphatic rings. The van der Waals surface area contributed by atoms with Crippen molar-refractivity contribution in [1.82, 2.24) is 10.3 Å². The number of rotatable bonds is 8. The molecule has 0 radical (unpaired) electrons. The highest BCUT2D eigenvalue weighted by atomic mass is 35.5. The van der Waals surface area contributed by atoms with E-state index >= 15 is 0 Å². The molecule has 1 saturated heterocycles. The minimum Gasteiger partial charge on any atom is -0.493 e. The number of ether oxygens (including phenoxy) is 2. The van der Waals surface area contributed by atoms with Gasteiger partial charge in [-0.3, -0.25) is 9.78 Å². The average molecular weight is 456 g/mol. The van der Waals surface area contributed by atoms with Crippen LogP contribution in [0, 0.1) is 11.8 Å². The van der Waals surface area contributed by atoms with Gasteiger partial charge in [0.2, 0.25) is 5.91 Å². The summed E-state index contributed by atoms with van der Waals surface area (Å²) in [6, 6.07) is 9.26. The molecule has 1 aliphatic heterocycles. The topological polar surface area (TPSA) is 72.5 Å². The van der Waals surface area contributed by atoms with Gasteiger partial charge in [0.25, 0.3) is 0 Å². The molecule has 3 rings (SSSR count). The lowest BCUT2D eigenvalue weighted by molar-refractivity contribution is -0.117. The third kappa shape index (κ3) is 7.67. The first-order chi connectivity index (χ1) is 13.7. The van der Waals surface area contributed by atoms with E-state index in [9.17, 15) is 4.79 Å². The van der Waals surface area contributed by atoms with Gasteiger partial charge in [-0.05, 0) is 67.6 Å². The van der Waals surface area contributed by atoms with Crippen LogP contribution in [0.2, 0.25) is 0 Å². The van der Waals surface area contributed by atoms with Crippen LogP contribution in [-0.2, 0) is 11.4 Å². The van der Waals surface area contributed by atoms with Gasteiger partial charge in [0.1, 0.15) is 6.61 Å². The summed E-state index contributed by atoms with van der Waals surface area (Å²) in [5, 5.41) is 6.42. The number of aromatic nitrogens is 1. The van der Waals surface area contributed by atoms with Crippen LogP contribution in [0.5, 0.6) is 11.5 Å². The molecule has 6 nitrogen and oxygen atoms in total. The highest BCUT2D eigenvalue weighted by Crippen LogP contribution is 2.31. The van der Waals surface area contributed by atoms with Crippen LogP contribution >= 0.6 is 24.8 Å². The Labute approximate surface area is 191 Å². The average Bonchev–Trinajstić information content (AvgIpc) is 2.73. The van der Waals surface area contributed by atoms with E-state index < -0.39 is 0 Å². The first kappa shape index (κ1) is 26.0. The number of pyridine rings is 1. The fraction of sp³-hybridized carbons (Fsp3) is 0.455. The molecule has 0 saturated carbocycles. The van der Waals surface area contributed by atoms with E-state index in [1.807, 2.05) is 30.3 Å². The number of hydrogen-bond acceptors (Lipinski definition) is 5. The minimum atomic E-state index is 0. The Morgan fingerprint density at radius 3 is 2.67 bits per heavy atom. The lowest BCUT2D eigenvalue weighted by atomic mass is 9.85. The van der Waals surface area contributed by atoms with Crippen LogP contribution in [0.3, 0.4) is 0 Å². The maximum Gasteiger partial charge on any atom is 0.224 e. The molecular weight excluding hydrogens is 425 g/mol. The number of hydrogen-bond donors (Lipinski definition) is 2. The molecule has 2 atom stereocenters. The summed E-state index contributed by atoms with van der Waals surface area (Å²) in [5.74, 6) is 2.18. The van der Waals surface area contributed by atoms with Crippen molar-refractivity contribution in [2.45, 2.75) is 32.8 Å². The zero-order valence-electron chi connectivity index (χ0n) is 17.4. The van der Waals surface area contributed by atoms with E-state index in [-0.39, 0.29) is 30.7 Å². The molecule has 2 N–H and O–H groups in total. The van der Waals surface area contributed by atoms with Crippen LogP contribution in [0.4, 0.5) is 5.69 Å². The molecule has 1 aromatic carbocycles. The lowest BCUT2D eigenvalue weighted by Gasteiger charge is -2.28. The third-order valence-electron chi connectivity index (χ3n) is 5.24. The third-order valence-corrected chi connectivity index (χ3v) is 5.24. The summed E-state index contributed by atoms with van der Waals surface area (Å²) < 4.78 is 11.3. The fourth-order valence-corrected chi connectivity index (χ4v) is 3.54. The second kappa shape index (κ2) is 13.3. The number of nitrogens with one attached hydrogen (secondary N) is 2. The Morgan fingerprint density at radius 1 is 1.23 bits per heavy atom. The van der Waals surface area contributed by atoms with E-state index in [2.05, 4.69) is 22.5 Å². The van der Waals surface area contributed by atoms with Crippen molar-refractivity contribution >= 4 is 36.4 Å². The Morgan fingerprint density at radius 2 is 2.00 bits per heavy atom. The highest BCUT2D eigenvalue weighted by Gasteiger charge is 2.22. The zero-order valence-corrected chi connectivity index (χ0v) is 19.1. The maximum absolute atomic E-state index is 12.5. The van der Waals surface area contributed by atoms with Crippen LogP contribution < -0.4 is 20.1 Å². The summed E-state index contributed by atoms with van der Waals surface area (Å²) in [6.07, 6.45) is 6.36. The van der Waals surface area contributed by atoms with Gasteiger partial charge in [-0.25, -0.2) is 0 Å². The number of piperidine rings is 1. The summed E-state index contributed by atoms with van der Waals surface area (Å²) >= 11 is 0. The number of carbonyl (C=O) groups excluding carboxylic acids is 1. The zero-order chi connectivity index (χ0) is 19.8. The Balaban J connectivity index is 0.00000225. The molecule has 0 spiro atoms. The number of amides is 1. The van der Waals surface area contributed by atoms with Gasteiger partial charge in [0, 0.05) is 30.6 Å². The molecule has 1 aromatic heterocycles. The Hall–Kier alpha value is -2.02. The molecule has 1 fully saturated rings. The fourth-order valence-electron chi connectivity index (χ4n) is 3.54. The molecule has 0 aliphatic carbocycles. The molecule has 166 valence electrons. The molecule has 0 bridgehead atoms. The van der Waals surface area contributed by atoms with Crippen molar-refractivity contribution in [2.24, 2.45) is 11.8 Å². The van der Waals surface area contributed by atoms with Crippen molar-refractivity contribution in [3.8, 4) is 11.5 Å². The van der Waals surface area contributed by atoms with Gasteiger partial charge < -0.3 is 20.1 Å². The second-order valence-corrected chi connectivity index (χ2v) is 7.35. The van der Waals surface area contributed by atoms with Gasteiger partial charge in [-0.1, -0.05) is 6.92 Å². The normalized spacial score (nSPS) is 16.4. The molecule has 2 heterocycles. The summed E-state index contributed by atoms with van der Waals surface area (Å²) in [4.78, 5) is 16.5. The quantitative estimate of drug-likeness (QED) is 0.613. The minimum absolute atomic E-state index is 0. The Kier molecular flexibility index (Phi) is 11.5. The van der Waals surface area contributed by atoms with Crippen LogP contribution in [0.1, 0.15) is 31.7 Å². The van der Waals surface area contributed by atoms with Crippen molar-refractivity contribution in [2.75, 3.05) is 25.5 Å². The predicted molar refractivity (Wildman–Crippen MR) is 124 cm³/mol. The number of halogens is 2. The largest absolute Gasteiger partial charge is 0.493 e. The SMILES string of the molecule is COc1ccc(NC(=O)CC(C)C2CCCNC2)cc1OCc1ccncc1.Cl.Cl.